The number of alkyl carbamates (subject to hydrolysis) is 1. The largest absolute Gasteiger partial charge is 0.463 e. The van der Waals surface area contributed by atoms with Gasteiger partial charge in [0, 0.05) is 40.0 Å². The monoisotopic (exact) mass is 984 g/mol. The molecule has 0 spiro atoms. The van der Waals surface area contributed by atoms with E-state index in [2.05, 4.69) is 54.1 Å². The van der Waals surface area contributed by atoms with E-state index < -0.39 is 12.1 Å². The third-order valence-electron chi connectivity index (χ3n) is 11.5. The fourth-order valence-electron chi connectivity index (χ4n) is 7.29. The first kappa shape index (κ1) is 66.4. The number of ether oxygens (including phenoxy) is 8. The van der Waals surface area contributed by atoms with Gasteiger partial charge in [-0.05, 0) is 64.2 Å². The number of esters is 2. The first-order valence-electron chi connectivity index (χ1n) is 27.8. The van der Waals surface area contributed by atoms with E-state index in [1.807, 2.05) is 0 Å². The quantitative estimate of drug-likeness (QED) is 0.0229. The van der Waals surface area contributed by atoms with Crippen LogP contribution in [0.2, 0.25) is 0 Å². The maximum Gasteiger partial charge on any atom is 0.407 e. The minimum Gasteiger partial charge on any atom is -0.463 e. The molecule has 0 bridgehead atoms. The number of rotatable bonds is 56. The lowest BCUT2D eigenvalue weighted by Gasteiger charge is -2.18. The summed E-state index contributed by atoms with van der Waals surface area (Å²) < 4.78 is 43.8. The van der Waals surface area contributed by atoms with Crippen LogP contribution >= 0.6 is 0 Å². The second-order valence-corrected chi connectivity index (χ2v) is 18.0. The minimum atomic E-state index is -0.516. The summed E-state index contributed by atoms with van der Waals surface area (Å²) >= 11 is 0. The Balaban J connectivity index is 4.17. The molecule has 0 radical (unpaired) electrons. The van der Waals surface area contributed by atoms with Crippen molar-refractivity contribution in [3.8, 4) is 0 Å². The molecule has 1 amide bonds. The van der Waals surface area contributed by atoms with Crippen LogP contribution in [0.4, 0.5) is 4.79 Å². The molecule has 0 aliphatic rings. The van der Waals surface area contributed by atoms with Crippen LogP contribution in [-0.2, 0) is 47.5 Å². The number of amides is 1. The van der Waals surface area contributed by atoms with Crippen molar-refractivity contribution in [3.63, 3.8) is 0 Å². The molecule has 0 saturated carbocycles. The Morgan fingerprint density at radius 2 is 0.841 bits per heavy atom. The number of hydrogen-bond donors (Lipinski definition) is 3. The number of nitrogens with one attached hydrogen (secondary N) is 3. The second kappa shape index (κ2) is 58.0. The van der Waals surface area contributed by atoms with Crippen molar-refractivity contribution in [3.05, 3.63) is 24.3 Å². The smallest absolute Gasteiger partial charge is 0.407 e. The molecule has 0 aromatic heterocycles. The van der Waals surface area contributed by atoms with Gasteiger partial charge in [-0.15, -0.1) is 0 Å². The Morgan fingerprint density at radius 3 is 1.36 bits per heavy atom. The van der Waals surface area contributed by atoms with E-state index in [4.69, 9.17) is 37.9 Å². The van der Waals surface area contributed by atoms with Crippen molar-refractivity contribution >= 4 is 18.0 Å². The van der Waals surface area contributed by atoms with Gasteiger partial charge in [0.2, 0.25) is 0 Å². The molecular weight excluding hydrogens is 879 g/mol. The van der Waals surface area contributed by atoms with Crippen LogP contribution in [0.1, 0.15) is 194 Å². The highest BCUT2D eigenvalue weighted by Crippen LogP contribution is 2.12. The van der Waals surface area contributed by atoms with Gasteiger partial charge in [0.15, 0.2) is 0 Å². The van der Waals surface area contributed by atoms with Gasteiger partial charge < -0.3 is 53.8 Å². The predicted octanol–water partition coefficient (Wildman–Crippen LogP) is 11.1. The number of allylic oxidation sites excluding steroid dienone is 4. The first-order valence-corrected chi connectivity index (χ1v) is 27.8. The van der Waals surface area contributed by atoms with Crippen LogP contribution < -0.4 is 16.0 Å². The SMILES string of the molecule is CCCCCCCC/C=C\CCCCCCCCOCC(COC(=O)NCCOCCOCCOC(=O)CNCCOC(=O)CNCCOC)OCCCCCCCC/C=C\CCCCCCCC. The van der Waals surface area contributed by atoms with E-state index in [1.165, 1.54) is 154 Å². The van der Waals surface area contributed by atoms with Crippen molar-refractivity contribution in [1.29, 1.82) is 0 Å². The molecule has 0 heterocycles. The summed E-state index contributed by atoms with van der Waals surface area (Å²) in [5.41, 5.74) is 0. The zero-order chi connectivity index (χ0) is 50.0. The number of unbranched alkanes of at least 4 members (excludes halogenated alkanes) is 24. The lowest BCUT2D eigenvalue weighted by molar-refractivity contribution is -0.144. The van der Waals surface area contributed by atoms with Gasteiger partial charge in [-0.3, -0.25) is 9.59 Å². The summed E-state index contributed by atoms with van der Waals surface area (Å²) in [6.45, 7) is 9.62. The summed E-state index contributed by atoms with van der Waals surface area (Å²) in [5, 5.41) is 8.50. The number of hydrogen-bond acceptors (Lipinski definition) is 13. The van der Waals surface area contributed by atoms with Gasteiger partial charge in [-0.2, -0.15) is 0 Å². The van der Waals surface area contributed by atoms with Crippen molar-refractivity contribution in [2.24, 2.45) is 0 Å². The van der Waals surface area contributed by atoms with Crippen molar-refractivity contribution in [1.82, 2.24) is 16.0 Å². The van der Waals surface area contributed by atoms with Crippen LogP contribution in [0.3, 0.4) is 0 Å². The minimum absolute atomic E-state index is 0.0000711. The summed E-state index contributed by atoms with van der Waals surface area (Å²) in [4.78, 5) is 35.9. The van der Waals surface area contributed by atoms with E-state index >= 15 is 0 Å². The molecule has 1 unspecified atom stereocenters. The van der Waals surface area contributed by atoms with Gasteiger partial charge in [0.1, 0.15) is 25.9 Å². The number of carbonyl (C=O) groups excluding carboxylic acids is 3. The molecule has 0 rings (SSSR count). The molecule has 406 valence electrons. The zero-order valence-corrected chi connectivity index (χ0v) is 44.5. The van der Waals surface area contributed by atoms with E-state index in [-0.39, 0.29) is 51.6 Å². The predicted molar refractivity (Wildman–Crippen MR) is 280 cm³/mol. The maximum absolute atomic E-state index is 12.5. The van der Waals surface area contributed by atoms with E-state index in [0.29, 0.717) is 65.9 Å². The Kier molecular flexibility index (Phi) is 55.8. The summed E-state index contributed by atoms with van der Waals surface area (Å²) in [6.07, 6.45) is 44.2. The molecule has 0 aliphatic heterocycles. The fraction of sp³-hybridized carbons (Fsp3) is 0.873. The molecule has 0 aromatic rings. The highest BCUT2D eigenvalue weighted by Gasteiger charge is 2.13. The van der Waals surface area contributed by atoms with Gasteiger partial charge in [0.05, 0.1) is 52.7 Å². The summed E-state index contributed by atoms with van der Waals surface area (Å²) in [7, 11) is 1.59. The normalized spacial score (nSPS) is 12.0. The zero-order valence-electron chi connectivity index (χ0n) is 44.5. The average Bonchev–Trinajstić information content (AvgIpc) is 3.35. The first-order chi connectivity index (χ1) is 34.0. The highest BCUT2D eigenvalue weighted by atomic mass is 16.6. The third-order valence-corrected chi connectivity index (χ3v) is 11.5. The van der Waals surface area contributed by atoms with Crippen LogP contribution in [-0.4, -0.2) is 137 Å². The van der Waals surface area contributed by atoms with Gasteiger partial charge >= 0.3 is 18.0 Å². The lowest BCUT2D eigenvalue weighted by atomic mass is 10.1. The van der Waals surface area contributed by atoms with Crippen molar-refractivity contribution in [2.75, 3.05) is 113 Å². The Bertz CT molecular complexity index is 1150. The topological polar surface area (TPSA) is 161 Å². The van der Waals surface area contributed by atoms with Crippen molar-refractivity contribution < 1.29 is 52.3 Å². The number of methoxy groups -OCH3 is 1. The standard InChI is InChI=1S/C55H105N3O11/c1-4-6-8-10-12-14-16-18-20-22-24-26-28-30-32-34-39-65-50-52(66-40-35-33-31-29-27-25-23-21-19-17-15-13-11-9-7-5-2)51-69-55(61)58-38-42-63-44-45-64-46-47-68-54(60)49-57-37-43-67-53(59)48-56-36-41-62-3/h18-21,52,56-57H,4-17,22-51H2,1-3H3,(H,58,61)/b20-18-,21-19-. The van der Waals surface area contributed by atoms with Gasteiger partial charge in [-0.1, -0.05) is 154 Å². The molecule has 69 heavy (non-hydrogen) atoms. The molecular formula is C55H105N3O11. The highest BCUT2D eigenvalue weighted by molar-refractivity contribution is 5.72. The van der Waals surface area contributed by atoms with E-state index in [0.717, 1.165) is 25.7 Å². The molecule has 14 heteroatoms. The number of carbonyl (C=O) groups is 3. The Labute approximate surface area is 421 Å². The second-order valence-electron chi connectivity index (χ2n) is 18.0. The molecule has 0 aromatic carbocycles. The van der Waals surface area contributed by atoms with Gasteiger partial charge in [0.25, 0.3) is 0 Å². The van der Waals surface area contributed by atoms with Crippen LogP contribution in [0.25, 0.3) is 0 Å². The Morgan fingerprint density at radius 1 is 0.406 bits per heavy atom. The van der Waals surface area contributed by atoms with Crippen molar-refractivity contribution in [2.45, 2.75) is 200 Å². The van der Waals surface area contributed by atoms with E-state index in [9.17, 15) is 14.4 Å². The molecule has 0 fully saturated rings. The average molecular weight is 984 g/mol. The van der Waals surface area contributed by atoms with Gasteiger partial charge in [-0.25, -0.2) is 4.79 Å². The fourth-order valence-corrected chi connectivity index (χ4v) is 7.29. The Hall–Kier alpha value is -2.59. The molecule has 0 aliphatic carbocycles. The molecule has 0 saturated heterocycles. The van der Waals surface area contributed by atoms with Crippen LogP contribution in [0.5, 0.6) is 0 Å². The molecule has 1 atom stereocenters. The molecule has 14 nitrogen and oxygen atoms in total. The summed E-state index contributed by atoms with van der Waals surface area (Å²) in [5.74, 6) is -0.797. The van der Waals surface area contributed by atoms with Crippen LogP contribution in [0.15, 0.2) is 24.3 Å². The van der Waals surface area contributed by atoms with E-state index in [1.54, 1.807) is 7.11 Å². The maximum atomic E-state index is 12.5. The molecule has 3 N–H and O–H groups in total. The lowest BCUT2D eigenvalue weighted by Crippen LogP contribution is -2.33. The third kappa shape index (κ3) is 56.2. The van der Waals surface area contributed by atoms with Crippen LogP contribution in [0, 0.1) is 0 Å². The summed E-state index contributed by atoms with van der Waals surface area (Å²) in [6, 6.07) is 0.